The summed E-state index contributed by atoms with van der Waals surface area (Å²) in [6.07, 6.45) is 6.13. The van der Waals surface area contributed by atoms with Crippen LogP contribution in [0.4, 0.5) is 5.82 Å². The first-order valence-electron chi connectivity index (χ1n) is 7.91. The maximum absolute atomic E-state index is 12.0. The summed E-state index contributed by atoms with van der Waals surface area (Å²) in [5.74, 6) is 2.18. The SMILES string of the molecule is Cc1cc(NC(=O)CSc2nnc(C)n2C2CCCCC2)no1. The van der Waals surface area contributed by atoms with Gasteiger partial charge in [-0.3, -0.25) is 4.79 Å². The zero-order valence-electron chi connectivity index (χ0n) is 13.4. The summed E-state index contributed by atoms with van der Waals surface area (Å²) >= 11 is 1.41. The molecule has 1 aliphatic rings. The summed E-state index contributed by atoms with van der Waals surface area (Å²) in [5.41, 5.74) is 0. The Morgan fingerprint density at radius 3 is 2.83 bits per heavy atom. The molecule has 0 radical (unpaired) electrons. The number of rotatable bonds is 5. The fourth-order valence-electron chi connectivity index (χ4n) is 2.94. The number of anilines is 1. The molecule has 2 heterocycles. The molecule has 124 valence electrons. The van der Waals surface area contributed by atoms with E-state index in [0.717, 1.165) is 23.8 Å². The molecule has 1 N–H and O–H groups in total. The lowest BCUT2D eigenvalue weighted by molar-refractivity contribution is -0.113. The number of nitrogens with one attached hydrogen (secondary N) is 1. The normalized spacial score (nSPS) is 15.7. The molecule has 0 unspecified atom stereocenters. The highest BCUT2D eigenvalue weighted by atomic mass is 32.2. The van der Waals surface area contributed by atoms with Crippen LogP contribution in [0.1, 0.15) is 49.7 Å². The molecule has 1 amide bonds. The van der Waals surface area contributed by atoms with Crippen molar-refractivity contribution in [3.63, 3.8) is 0 Å². The molecule has 0 atom stereocenters. The van der Waals surface area contributed by atoms with Crippen LogP contribution in [0.2, 0.25) is 0 Å². The van der Waals surface area contributed by atoms with Gasteiger partial charge in [0.05, 0.1) is 5.75 Å². The number of aryl methyl sites for hydroxylation is 2. The van der Waals surface area contributed by atoms with Crippen molar-refractivity contribution in [2.24, 2.45) is 0 Å². The molecule has 2 aromatic heterocycles. The summed E-state index contributed by atoms with van der Waals surface area (Å²) < 4.78 is 7.12. The predicted octanol–water partition coefficient (Wildman–Crippen LogP) is 3.12. The van der Waals surface area contributed by atoms with E-state index in [1.807, 2.05) is 6.92 Å². The van der Waals surface area contributed by atoms with Gasteiger partial charge >= 0.3 is 0 Å². The number of carbonyl (C=O) groups is 1. The Morgan fingerprint density at radius 2 is 2.13 bits per heavy atom. The highest BCUT2D eigenvalue weighted by Crippen LogP contribution is 2.32. The number of amides is 1. The van der Waals surface area contributed by atoms with Crippen molar-refractivity contribution < 1.29 is 9.32 Å². The van der Waals surface area contributed by atoms with Gasteiger partial charge in [-0.2, -0.15) is 0 Å². The standard InChI is InChI=1S/C15H21N5O2S/c1-10-8-13(19-22-10)16-14(21)9-23-15-18-17-11(2)20(15)12-6-4-3-5-7-12/h8,12H,3-7,9H2,1-2H3,(H,16,19,21). The molecule has 3 rings (SSSR count). The van der Waals surface area contributed by atoms with E-state index in [1.165, 1.54) is 31.0 Å². The Balaban J connectivity index is 1.60. The summed E-state index contributed by atoms with van der Waals surface area (Å²) in [5, 5.41) is 15.7. The highest BCUT2D eigenvalue weighted by Gasteiger charge is 2.21. The van der Waals surface area contributed by atoms with Crippen molar-refractivity contribution >= 4 is 23.5 Å². The van der Waals surface area contributed by atoms with Gasteiger partial charge in [-0.1, -0.05) is 36.2 Å². The Kier molecular flexibility index (Phi) is 5.00. The molecule has 0 saturated heterocycles. The van der Waals surface area contributed by atoms with Crippen LogP contribution in [0.15, 0.2) is 15.7 Å². The van der Waals surface area contributed by atoms with E-state index in [2.05, 4.69) is 25.2 Å². The van der Waals surface area contributed by atoms with Crippen molar-refractivity contribution in [2.75, 3.05) is 11.1 Å². The number of hydrogen-bond donors (Lipinski definition) is 1. The monoisotopic (exact) mass is 335 g/mol. The van der Waals surface area contributed by atoms with Crippen LogP contribution in [-0.4, -0.2) is 31.6 Å². The molecule has 0 bridgehead atoms. The van der Waals surface area contributed by atoms with Crippen LogP contribution in [0.3, 0.4) is 0 Å². The minimum atomic E-state index is -0.126. The van der Waals surface area contributed by atoms with Gasteiger partial charge < -0.3 is 14.4 Å². The van der Waals surface area contributed by atoms with E-state index in [0.29, 0.717) is 17.6 Å². The third kappa shape index (κ3) is 3.93. The van der Waals surface area contributed by atoms with Gasteiger partial charge in [0.2, 0.25) is 5.91 Å². The van der Waals surface area contributed by atoms with Gasteiger partial charge in [-0.25, -0.2) is 0 Å². The van der Waals surface area contributed by atoms with Crippen molar-refractivity contribution in [2.45, 2.75) is 57.1 Å². The fraction of sp³-hybridized carbons (Fsp3) is 0.600. The molecule has 1 fully saturated rings. The smallest absolute Gasteiger partial charge is 0.236 e. The Morgan fingerprint density at radius 1 is 1.35 bits per heavy atom. The second-order valence-electron chi connectivity index (χ2n) is 5.85. The van der Waals surface area contributed by atoms with E-state index in [-0.39, 0.29) is 11.7 Å². The molecule has 0 spiro atoms. The van der Waals surface area contributed by atoms with E-state index in [4.69, 9.17) is 4.52 Å². The van der Waals surface area contributed by atoms with Crippen molar-refractivity contribution in [1.82, 2.24) is 19.9 Å². The Labute approximate surface area is 139 Å². The fourth-order valence-corrected chi connectivity index (χ4v) is 3.79. The molecule has 0 aromatic carbocycles. The second-order valence-corrected chi connectivity index (χ2v) is 6.79. The lowest BCUT2D eigenvalue weighted by atomic mass is 9.95. The lowest BCUT2D eigenvalue weighted by Crippen LogP contribution is -2.17. The summed E-state index contributed by atoms with van der Waals surface area (Å²) in [6.45, 7) is 3.76. The molecule has 8 heteroatoms. The predicted molar refractivity (Wildman–Crippen MR) is 87.5 cm³/mol. The van der Waals surface area contributed by atoms with Crippen molar-refractivity contribution in [3.05, 3.63) is 17.7 Å². The van der Waals surface area contributed by atoms with E-state index in [9.17, 15) is 4.79 Å². The molecule has 1 aliphatic carbocycles. The van der Waals surface area contributed by atoms with Gasteiger partial charge in [-0.15, -0.1) is 10.2 Å². The number of hydrogen-bond acceptors (Lipinski definition) is 6. The Bertz CT molecular complexity index is 675. The summed E-state index contributed by atoms with van der Waals surface area (Å²) in [4.78, 5) is 12.0. The zero-order valence-corrected chi connectivity index (χ0v) is 14.2. The zero-order chi connectivity index (χ0) is 16.2. The molecule has 2 aromatic rings. The van der Waals surface area contributed by atoms with Gasteiger partial charge in [0.15, 0.2) is 11.0 Å². The van der Waals surface area contributed by atoms with Crippen molar-refractivity contribution in [3.8, 4) is 0 Å². The quantitative estimate of drug-likeness (QED) is 0.845. The van der Waals surface area contributed by atoms with Crippen LogP contribution in [0.25, 0.3) is 0 Å². The molecule has 1 saturated carbocycles. The van der Waals surface area contributed by atoms with E-state index in [1.54, 1.807) is 13.0 Å². The van der Waals surface area contributed by atoms with Gasteiger partial charge in [0.1, 0.15) is 11.6 Å². The maximum atomic E-state index is 12.0. The number of thioether (sulfide) groups is 1. The first kappa shape index (κ1) is 16.0. The molecule has 7 nitrogen and oxygen atoms in total. The summed E-state index contributed by atoms with van der Waals surface area (Å²) in [7, 11) is 0. The number of aromatic nitrogens is 4. The maximum Gasteiger partial charge on any atom is 0.236 e. The van der Waals surface area contributed by atoms with Gasteiger partial charge in [0.25, 0.3) is 0 Å². The molecule has 0 aliphatic heterocycles. The first-order chi connectivity index (χ1) is 11.1. The molecular formula is C15H21N5O2S. The largest absolute Gasteiger partial charge is 0.360 e. The lowest BCUT2D eigenvalue weighted by Gasteiger charge is -2.24. The number of carbonyl (C=O) groups excluding carboxylic acids is 1. The van der Waals surface area contributed by atoms with Crippen LogP contribution in [0.5, 0.6) is 0 Å². The third-order valence-corrected chi connectivity index (χ3v) is 4.95. The topological polar surface area (TPSA) is 85.8 Å². The average molecular weight is 335 g/mol. The van der Waals surface area contributed by atoms with E-state index < -0.39 is 0 Å². The van der Waals surface area contributed by atoms with E-state index >= 15 is 0 Å². The summed E-state index contributed by atoms with van der Waals surface area (Å²) in [6, 6.07) is 2.15. The number of nitrogens with zero attached hydrogens (tertiary/aromatic N) is 4. The average Bonchev–Trinajstić information content (AvgIpc) is 3.12. The van der Waals surface area contributed by atoms with Crippen molar-refractivity contribution in [1.29, 1.82) is 0 Å². The highest BCUT2D eigenvalue weighted by molar-refractivity contribution is 7.99. The van der Waals surface area contributed by atoms with Crippen LogP contribution >= 0.6 is 11.8 Å². The first-order valence-corrected chi connectivity index (χ1v) is 8.89. The Hall–Kier alpha value is -1.83. The minimum absolute atomic E-state index is 0.126. The van der Waals surface area contributed by atoms with Crippen LogP contribution in [-0.2, 0) is 4.79 Å². The molecular weight excluding hydrogens is 314 g/mol. The van der Waals surface area contributed by atoms with Gasteiger partial charge in [0, 0.05) is 12.1 Å². The minimum Gasteiger partial charge on any atom is -0.360 e. The third-order valence-electron chi connectivity index (χ3n) is 4.00. The van der Waals surface area contributed by atoms with Crippen LogP contribution in [0, 0.1) is 13.8 Å². The van der Waals surface area contributed by atoms with Crippen LogP contribution < -0.4 is 5.32 Å². The second kappa shape index (κ2) is 7.16. The van der Waals surface area contributed by atoms with Gasteiger partial charge in [-0.05, 0) is 26.7 Å². The molecule has 23 heavy (non-hydrogen) atoms.